The fourth-order valence-electron chi connectivity index (χ4n) is 1.22. The minimum Gasteiger partial charge on any atom is -0.370 e. The Hall–Kier alpha value is -1.31. The van der Waals surface area contributed by atoms with Gasteiger partial charge in [-0.2, -0.15) is 0 Å². The smallest absolute Gasteiger partial charge is 0.217 e. The molecule has 0 atom stereocenters. The standard InChI is InChI=1S/C14H23NO/c1-2-3-4-5-6-7-8-9-10-11-12-13-14(15)16/h3-4,6-7,9-10H,2,5,8,11-13H2,1H3,(H2,15,16). The van der Waals surface area contributed by atoms with Gasteiger partial charge in [0.15, 0.2) is 0 Å². The molecular weight excluding hydrogens is 198 g/mol. The van der Waals surface area contributed by atoms with Crippen molar-refractivity contribution >= 4 is 5.91 Å². The molecule has 2 nitrogen and oxygen atoms in total. The summed E-state index contributed by atoms with van der Waals surface area (Å²) >= 11 is 0. The van der Waals surface area contributed by atoms with Crippen LogP contribution in [0.1, 0.15) is 45.4 Å². The second kappa shape index (κ2) is 11.8. The van der Waals surface area contributed by atoms with Gasteiger partial charge in [-0.25, -0.2) is 0 Å². The van der Waals surface area contributed by atoms with E-state index in [2.05, 4.69) is 43.4 Å². The highest BCUT2D eigenvalue weighted by atomic mass is 16.1. The molecule has 0 aromatic rings. The van der Waals surface area contributed by atoms with Gasteiger partial charge < -0.3 is 5.73 Å². The van der Waals surface area contributed by atoms with Crippen molar-refractivity contribution < 1.29 is 4.79 Å². The van der Waals surface area contributed by atoms with Crippen molar-refractivity contribution in [3.63, 3.8) is 0 Å². The van der Waals surface area contributed by atoms with E-state index in [-0.39, 0.29) is 5.91 Å². The van der Waals surface area contributed by atoms with Gasteiger partial charge >= 0.3 is 0 Å². The number of hydrogen-bond acceptors (Lipinski definition) is 1. The van der Waals surface area contributed by atoms with Gasteiger partial charge in [0.2, 0.25) is 5.91 Å². The van der Waals surface area contributed by atoms with Crippen LogP contribution in [0, 0.1) is 0 Å². The van der Waals surface area contributed by atoms with Crippen molar-refractivity contribution in [1.29, 1.82) is 0 Å². The van der Waals surface area contributed by atoms with Crippen molar-refractivity contribution in [3.8, 4) is 0 Å². The average molecular weight is 221 g/mol. The van der Waals surface area contributed by atoms with Crippen molar-refractivity contribution in [3.05, 3.63) is 36.5 Å². The lowest BCUT2D eigenvalue weighted by Gasteiger charge is -1.90. The molecular formula is C14H23NO. The Kier molecular flexibility index (Phi) is 10.8. The van der Waals surface area contributed by atoms with E-state index in [0.29, 0.717) is 6.42 Å². The molecule has 0 spiro atoms. The molecule has 0 aliphatic carbocycles. The summed E-state index contributed by atoms with van der Waals surface area (Å²) in [6.07, 6.45) is 18.3. The van der Waals surface area contributed by atoms with E-state index in [4.69, 9.17) is 5.73 Å². The lowest BCUT2D eigenvalue weighted by atomic mass is 10.2. The maximum atomic E-state index is 10.4. The zero-order valence-corrected chi connectivity index (χ0v) is 10.2. The Labute approximate surface area is 98.9 Å². The molecule has 0 aliphatic rings. The first-order valence-electron chi connectivity index (χ1n) is 6.00. The first-order chi connectivity index (χ1) is 7.77. The fraction of sp³-hybridized carbons (Fsp3) is 0.500. The molecule has 16 heavy (non-hydrogen) atoms. The van der Waals surface area contributed by atoms with Crippen LogP contribution in [0.25, 0.3) is 0 Å². The first kappa shape index (κ1) is 14.7. The summed E-state index contributed by atoms with van der Waals surface area (Å²) < 4.78 is 0. The van der Waals surface area contributed by atoms with E-state index >= 15 is 0 Å². The fourth-order valence-corrected chi connectivity index (χ4v) is 1.22. The monoisotopic (exact) mass is 221 g/mol. The molecule has 0 aliphatic heterocycles. The molecule has 0 saturated carbocycles. The van der Waals surface area contributed by atoms with Gasteiger partial charge in [-0.1, -0.05) is 43.4 Å². The van der Waals surface area contributed by atoms with E-state index in [9.17, 15) is 4.79 Å². The molecule has 0 unspecified atom stereocenters. The van der Waals surface area contributed by atoms with E-state index in [1.165, 1.54) is 0 Å². The number of rotatable bonds is 9. The summed E-state index contributed by atoms with van der Waals surface area (Å²) in [6.45, 7) is 2.13. The number of allylic oxidation sites excluding steroid dienone is 6. The second-order valence-corrected chi connectivity index (χ2v) is 3.65. The lowest BCUT2D eigenvalue weighted by molar-refractivity contribution is -0.118. The summed E-state index contributed by atoms with van der Waals surface area (Å²) in [5, 5.41) is 0. The highest BCUT2D eigenvalue weighted by Crippen LogP contribution is 1.98. The van der Waals surface area contributed by atoms with Gasteiger partial charge in [0, 0.05) is 6.42 Å². The molecule has 0 fully saturated rings. The predicted octanol–water partition coefficient (Wildman–Crippen LogP) is 3.50. The average Bonchev–Trinajstić information content (AvgIpc) is 2.25. The molecule has 2 heteroatoms. The number of unbranched alkanes of at least 4 members (excludes halogenated alkanes) is 1. The van der Waals surface area contributed by atoms with Gasteiger partial charge in [-0.05, 0) is 32.1 Å². The molecule has 0 saturated heterocycles. The second-order valence-electron chi connectivity index (χ2n) is 3.65. The third-order valence-electron chi connectivity index (χ3n) is 2.07. The molecule has 90 valence electrons. The normalized spacial score (nSPS) is 12.1. The summed E-state index contributed by atoms with van der Waals surface area (Å²) in [7, 11) is 0. The van der Waals surface area contributed by atoms with Crippen LogP contribution in [-0.4, -0.2) is 5.91 Å². The van der Waals surface area contributed by atoms with Crippen LogP contribution < -0.4 is 5.73 Å². The van der Waals surface area contributed by atoms with Gasteiger partial charge in [-0.15, -0.1) is 0 Å². The van der Waals surface area contributed by atoms with Gasteiger partial charge in [-0.3, -0.25) is 4.79 Å². The van der Waals surface area contributed by atoms with E-state index in [0.717, 1.165) is 32.1 Å². The number of carbonyl (C=O) groups excluding carboxylic acids is 1. The molecule has 0 heterocycles. The summed E-state index contributed by atoms with van der Waals surface area (Å²) in [5.41, 5.74) is 5.03. The van der Waals surface area contributed by atoms with Crippen LogP contribution in [-0.2, 0) is 4.79 Å². The Morgan fingerprint density at radius 1 is 1.00 bits per heavy atom. The van der Waals surface area contributed by atoms with Crippen LogP contribution in [0.2, 0.25) is 0 Å². The quantitative estimate of drug-likeness (QED) is 0.470. The predicted molar refractivity (Wildman–Crippen MR) is 70.0 cm³/mol. The summed E-state index contributed by atoms with van der Waals surface area (Å²) in [6, 6.07) is 0. The number of primary amides is 1. The van der Waals surface area contributed by atoms with Crippen molar-refractivity contribution in [2.75, 3.05) is 0 Å². The third kappa shape index (κ3) is 12.7. The number of amides is 1. The topological polar surface area (TPSA) is 43.1 Å². The van der Waals surface area contributed by atoms with Gasteiger partial charge in [0.1, 0.15) is 0 Å². The molecule has 2 N–H and O–H groups in total. The minimum atomic E-state index is -0.212. The van der Waals surface area contributed by atoms with E-state index in [1.807, 2.05) is 0 Å². The Morgan fingerprint density at radius 2 is 1.56 bits per heavy atom. The summed E-state index contributed by atoms with van der Waals surface area (Å²) in [5.74, 6) is -0.212. The largest absolute Gasteiger partial charge is 0.370 e. The number of carbonyl (C=O) groups is 1. The Morgan fingerprint density at radius 3 is 2.12 bits per heavy atom. The molecule has 0 bridgehead atoms. The molecule has 0 aromatic heterocycles. The minimum absolute atomic E-state index is 0.212. The van der Waals surface area contributed by atoms with Crippen LogP contribution in [0.15, 0.2) is 36.5 Å². The Balaban J connectivity index is 3.33. The van der Waals surface area contributed by atoms with Crippen molar-refractivity contribution in [2.45, 2.75) is 45.4 Å². The van der Waals surface area contributed by atoms with E-state index < -0.39 is 0 Å². The number of nitrogens with two attached hydrogens (primary N) is 1. The zero-order chi connectivity index (χ0) is 12.1. The molecule has 1 amide bonds. The van der Waals surface area contributed by atoms with Crippen LogP contribution >= 0.6 is 0 Å². The van der Waals surface area contributed by atoms with Crippen molar-refractivity contribution in [2.24, 2.45) is 5.73 Å². The molecule has 0 aromatic carbocycles. The maximum Gasteiger partial charge on any atom is 0.217 e. The van der Waals surface area contributed by atoms with Crippen LogP contribution in [0.3, 0.4) is 0 Å². The van der Waals surface area contributed by atoms with Crippen LogP contribution in [0.4, 0.5) is 0 Å². The SMILES string of the molecule is CCC=CCC=CCC=CCCCC(N)=O. The summed E-state index contributed by atoms with van der Waals surface area (Å²) in [4.78, 5) is 10.4. The maximum absolute atomic E-state index is 10.4. The molecule has 0 rings (SSSR count). The lowest BCUT2D eigenvalue weighted by Crippen LogP contribution is -2.09. The Bertz CT molecular complexity index is 251. The van der Waals surface area contributed by atoms with E-state index in [1.54, 1.807) is 0 Å². The van der Waals surface area contributed by atoms with Gasteiger partial charge in [0.05, 0.1) is 0 Å². The number of hydrogen-bond donors (Lipinski definition) is 1. The first-order valence-corrected chi connectivity index (χ1v) is 6.00. The van der Waals surface area contributed by atoms with Crippen molar-refractivity contribution in [1.82, 2.24) is 0 Å². The van der Waals surface area contributed by atoms with Crippen LogP contribution in [0.5, 0.6) is 0 Å². The highest BCUT2D eigenvalue weighted by Gasteiger charge is 1.90. The highest BCUT2D eigenvalue weighted by molar-refractivity contribution is 5.73. The van der Waals surface area contributed by atoms with Gasteiger partial charge in [0.25, 0.3) is 0 Å². The zero-order valence-electron chi connectivity index (χ0n) is 10.2. The third-order valence-corrected chi connectivity index (χ3v) is 2.07. The molecule has 0 radical (unpaired) electrons.